The van der Waals surface area contributed by atoms with Gasteiger partial charge in [0.05, 0.1) is 17.7 Å². The average molecular weight is 376 g/mol. The predicted molar refractivity (Wildman–Crippen MR) is 94.5 cm³/mol. The van der Waals surface area contributed by atoms with Gasteiger partial charge in [0, 0.05) is 17.5 Å². The Balaban J connectivity index is 1.58. The average Bonchev–Trinajstić information content (AvgIpc) is 3.09. The van der Waals surface area contributed by atoms with Crippen LogP contribution >= 0.6 is 11.3 Å². The molecule has 26 heavy (non-hydrogen) atoms. The summed E-state index contributed by atoms with van der Waals surface area (Å²) in [6, 6.07) is 14.5. The number of hydrogen-bond donors (Lipinski definition) is 1. The van der Waals surface area contributed by atoms with Crippen molar-refractivity contribution in [3.63, 3.8) is 0 Å². The maximum absolute atomic E-state index is 12.7. The minimum absolute atomic E-state index is 0.0401. The van der Waals surface area contributed by atoms with Gasteiger partial charge in [-0.25, -0.2) is 4.98 Å². The van der Waals surface area contributed by atoms with Crippen LogP contribution < -0.4 is 5.32 Å². The summed E-state index contributed by atoms with van der Waals surface area (Å²) in [4.78, 5) is 16.5. The molecule has 0 saturated heterocycles. The molecule has 0 spiro atoms. The quantitative estimate of drug-likeness (QED) is 0.702. The number of carbonyl (C=O) groups excluding carboxylic acids is 1. The van der Waals surface area contributed by atoms with E-state index in [1.165, 1.54) is 17.4 Å². The molecule has 0 bridgehead atoms. The lowest BCUT2D eigenvalue weighted by atomic mass is 10.1. The molecule has 1 aromatic heterocycles. The molecule has 134 valence electrons. The monoisotopic (exact) mass is 376 g/mol. The fourth-order valence-electron chi connectivity index (χ4n) is 2.39. The summed E-state index contributed by atoms with van der Waals surface area (Å²) in [6.07, 6.45) is -4.31. The Kier molecular flexibility index (Phi) is 5.37. The molecule has 0 radical (unpaired) electrons. The van der Waals surface area contributed by atoms with Crippen molar-refractivity contribution in [1.29, 1.82) is 0 Å². The molecule has 0 aliphatic rings. The van der Waals surface area contributed by atoms with Gasteiger partial charge in [-0.3, -0.25) is 4.79 Å². The van der Waals surface area contributed by atoms with Crippen molar-refractivity contribution in [1.82, 2.24) is 10.3 Å². The van der Waals surface area contributed by atoms with Gasteiger partial charge in [0.15, 0.2) is 0 Å². The summed E-state index contributed by atoms with van der Waals surface area (Å²) in [7, 11) is 0. The lowest BCUT2D eigenvalue weighted by Gasteiger charge is -2.09. The number of alkyl halides is 3. The van der Waals surface area contributed by atoms with Crippen LogP contribution in [-0.2, 0) is 23.9 Å². The summed E-state index contributed by atoms with van der Waals surface area (Å²) in [5.41, 5.74) is 1.29. The van der Waals surface area contributed by atoms with Crippen LogP contribution in [0.5, 0.6) is 0 Å². The second-order valence-electron chi connectivity index (χ2n) is 5.66. The van der Waals surface area contributed by atoms with Gasteiger partial charge in [0.1, 0.15) is 5.01 Å². The molecule has 2 aromatic carbocycles. The molecular formula is C19H15F3N2OS. The van der Waals surface area contributed by atoms with Crippen molar-refractivity contribution in [3.8, 4) is 10.6 Å². The summed E-state index contributed by atoms with van der Waals surface area (Å²) < 4.78 is 38.1. The van der Waals surface area contributed by atoms with E-state index in [0.29, 0.717) is 11.3 Å². The molecular weight excluding hydrogens is 361 g/mol. The second-order valence-corrected chi connectivity index (χ2v) is 6.52. The molecule has 0 saturated carbocycles. The number of carbonyl (C=O) groups is 1. The summed E-state index contributed by atoms with van der Waals surface area (Å²) >= 11 is 1.45. The number of aromatic nitrogens is 1. The topological polar surface area (TPSA) is 42.0 Å². The molecule has 1 N–H and O–H groups in total. The van der Waals surface area contributed by atoms with Crippen LogP contribution in [0.15, 0.2) is 60.0 Å². The lowest BCUT2D eigenvalue weighted by molar-refractivity contribution is -0.137. The van der Waals surface area contributed by atoms with Gasteiger partial charge in [0.2, 0.25) is 5.91 Å². The van der Waals surface area contributed by atoms with Crippen molar-refractivity contribution < 1.29 is 18.0 Å². The van der Waals surface area contributed by atoms with Crippen LogP contribution in [0.4, 0.5) is 13.2 Å². The number of amides is 1. The van der Waals surface area contributed by atoms with Gasteiger partial charge in [0.25, 0.3) is 0 Å². The molecule has 7 heteroatoms. The van der Waals surface area contributed by atoms with E-state index in [9.17, 15) is 18.0 Å². The Labute approximate surface area is 152 Å². The number of halogens is 3. The van der Waals surface area contributed by atoms with Crippen molar-refractivity contribution >= 4 is 17.2 Å². The molecule has 1 heterocycles. The zero-order valence-electron chi connectivity index (χ0n) is 13.6. The Hall–Kier alpha value is -2.67. The summed E-state index contributed by atoms with van der Waals surface area (Å²) in [6.45, 7) is 0.0401. The number of nitrogens with one attached hydrogen (secondary N) is 1. The molecule has 3 rings (SSSR count). The van der Waals surface area contributed by atoms with Crippen LogP contribution in [0.2, 0.25) is 0 Å². The number of rotatable bonds is 5. The SMILES string of the molecule is O=C(Cc1csc(-c2ccccc2)n1)NCc1cccc(C(F)(F)F)c1. The maximum Gasteiger partial charge on any atom is 0.416 e. The standard InChI is InChI=1S/C19H15F3N2OS/c20-19(21,22)15-8-4-5-13(9-15)11-23-17(25)10-16-12-26-18(24-16)14-6-2-1-3-7-14/h1-9,12H,10-11H2,(H,23,25). The van der Waals surface area contributed by atoms with Crippen LogP contribution in [0.25, 0.3) is 10.6 Å². The van der Waals surface area contributed by atoms with E-state index < -0.39 is 11.7 Å². The smallest absolute Gasteiger partial charge is 0.352 e. The highest BCUT2D eigenvalue weighted by atomic mass is 32.1. The number of hydrogen-bond acceptors (Lipinski definition) is 3. The zero-order valence-corrected chi connectivity index (χ0v) is 14.4. The van der Waals surface area contributed by atoms with E-state index in [0.717, 1.165) is 22.7 Å². The van der Waals surface area contributed by atoms with Crippen LogP contribution in [-0.4, -0.2) is 10.9 Å². The second kappa shape index (κ2) is 7.70. The molecule has 1 amide bonds. The van der Waals surface area contributed by atoms with Crippen molar-refractivity contribution in [2.24, 2.45) is 0 Å². The first-order valence-corrected chi connectivity index (χ1v) is 8.72. The Bertz CT molecular complexity index is 891. The van der Waals surface area contributed by atoms with Crippen molar-refractivity contribution in [2.45, 2.75) is 19.1 Å². The van der Waals surface area contributed by atoms with Crippen molar-refractivity contribution in [3.05, 3.63) is 76.8 Å². The highest BCUT2D eigenvalue weighted by molar-refractivity contribution is 7.13. The number of nitrogens with zero attached hydrogens (tertiary/aromatic N) is 1. The minimum atomic E-state index is -4.39. The first-order valence-electron chi connectivity index (χ1n) is 7.84. The van der Waals surface area contributed by atoms with Gasteiger partial charge < -0.3 is 5.32 Å². The number of thiazole rings is 1. The zero-order chi connectivity index (χ0) is 18.6. The van der Waals surface area contributed by atoms with Gasteiger partial charge in [-0.05, 0) is 17.7 Å². The fourth-order valence-corrected chi connectivity index (χ4v) is 3.21. The molecule has 0 aliphatic heterocycles. The maximum atomic E-state index is 12.7. The summed E-state index contributed by atoms with van der Waals surface area (Å²) in [5, 5.41) is 5.27. The normalized spacial score (nSPS) is 11.3. The largest absolute Gasteiger partial charge is 0.416 e. The van der Waals surface area contributed by atoms with Gasteiger partial charge in [-0.2, -0.15) is 13.2 Å². The highest BCUT2D eigenvalue weighted by Gasteiger charge is 2.30. The van der Waals surface area contributed by atoms with E-state index in [1.807, 2.05) is 35.7 Å². The lowest BCUT2D eigenvalue weighted by Crippen LogP contribution is -2.24. The first-order chi connectivity index (χ1) is 12.4. The van der Waals surface area contributed by atoms with Crippen LogP contribution in [0.3, 0.4) is 0 Å². The third kappa shape index (κ3) is 4.70. The third-order valence-electron chi connectivity index (χ3n) is 3.66. The van der Waals surface area contributed by atoms with Gasteiger partial charge >= 0.3 is 6.18 Å². The molecule has 0 fully saturated rings. The van der Waals surface area contributed by atoms with E-state index in [2.05, 4.69) is 10.3 Å². The van der Waals surface area contributed by atoms with Gasteiger partial charge in [-0.15, -0.1) is 11.3 Å². The molecule has 0 aliphatic carbocycles. The molecule has 3 nitrogen and oxygen atoms in total. The molecule has 0 unspecified atom stereocenters. The molecule has 0 atom stereocenters. The van der Waals surface area contributed by atoms with Crippen LogP contribution in [0, 0.1) is 0 Å². The van der Waals surface area contributed by atoms with E-state index in [1.54, 1.807) is 6.07 Å². The van der Waals surface area contributed by atoms with Crippen LogP contribution in [0.1, 0.15) is 16.8 Å². The first kappa shape index (κ1) is 18.1. The Morgan fingerprint density at radius 1 is 1.08 bits per heavy atom. The predicted octanol–water partition coefficient (Wildman–Crippen LogP) is 4.69. The third-order valence-corrected chi connectivity index (χ3v) is 4.60. The van der Waals surface area contributed by atoms with E-state index >= 15 is 0 Å². The van der Waals surface area contributed by atoms with E-state index in [-0.39, 0.29) is 18.9 Å². The number of benzene rings is 2. The van der Waals surface area contributed by atoms with Gasteiger partial charge in [-0.1, -0.05) is 42.5 Å². The molecule has 3 aromatic rings. The fraction of sp³-hybridized carbons (Fsp3) is 0.158. The Morgan fingerprint density at radius 3 is 2.58 bits per heavy atom. The van der Waals surface area contributed by atoms with Crippen molar-refractivity contribution in [2.75, 3.05) is 0 Å². The minimum Gasteiger partial charge on any atom is -0.352 e. The Morgan fingerprint density at radius 2 is 1.85 bits per heavy atom. The van der Waals surface area contributed by atoms with E-state index in [4.69, 9.17) is 0 Å². The summed E-state index contributed by atoms with van der Waals surface area (Å²) in [5.74, 6) is -0.285. The highest BCUT2D eigenvalue weighted by Crippen LogP contribution is 2.29.